The van der Waals surface area contributed by atoms with E-state index in [-0.39, 0.29) is 36.0 Å². The van der Waals surface area contributed by atoms with Gasteiger partial charge in [-0.05, 0) is 76.6 Å². The summed E-state index contributed by atoms with van der Waals surface area (Å²) < 4.78 is 0. The number of piperidine rings is 1. The maximum Gasteiger partial charge on any atom is 0.228 e. The minimum absolute atomic E-state index is 0.00126. The summed E-state index contributed by atoms with van der Waals surface area (Å²) in [4.78, 5) is 63.8. The Labute approximate surface area is 252 Å². The monoisotopic (exact) mass is 595 g/mol. The van der Waals surface area contributed by atoms with E-state index in [1.54, 1.807) is 0 Å². The normalized spacial score (nSPS) is 26.2. The lowest BCUT2D eigenvalue weighted by Gasteiger charge is -2.56. The van der Waals surface area contributed by atoms with Crippen LogP contribution in [0, 0.1) is 17.8 Å². The SMILES string of the molecule is CC[C@]12c3[nH]c4ccc(Cl)cc4c3CCN1C(=O)[C@@H](CC(=O)NC(C)(C)C)C[C@@H]2C(=O)N1CCN(C(=O)C2CC2)CC1. The fourth-order valence-electron chi connectivity index (χ4n) is 7.62. The summed E-state index contributed by atoms with van der Waals surface area (Å²) in [6.45, 7) is 10.3. The van der Waals surface area contributed by atoms with Crippen molar-refractivity contribution < 1.29 is 19.2 Å². The number of nitrogens with one attached hydrogen (secondary N) is 2. The van der Waals surface area contributed by atoms with Gasteiger partial charge in [-0.3, -0.25) is 19.2 Å². The quantitative estimate of drug-likeness (QED) is 0.548. The molecule has 4 aliphatic rings. The molecule has 0 radical (unpaired) electrons. The molecule has 3 aliphatic heterocycles. The van der Waals surface area contributed by atoms with E-state index in [2.05, 4.69) is 10.3 Å². The van der Waals surface area contributed by atoms with E-state index < -0.39 is 22.9 Å². The Balaban J connectivity index is 1.36. The zero-order valence-electron chi connectivity index (χ0n) is 25.1. The summed E-state index contributed by atoms with van der Waals surface area (Å²) in [6, 6.07) is 5.77. The van der Waals surface area contributed by atoms with Crippen molar-refractivity contribution in [3.63, 3.8) is 0 Å². The van der Waals surface area contributed by atoms with E-state index in [4.69, 9.17) is 11.6 Å². The number of fused-ring (bicyclic) bond motifs is 5. The number of H-pyrrole nitrogens is 1. The summed E-state index contributed by atoms with van der Waals surface area (Å²) in [5.74, 6) is -0.989. The summed E-state index contributed by atoms with van der Waals surface area (Å²) in [5, 5.41) is 4.67. The second-order valence-corrected chi connectivity index (χ2v) is 14.0. The van der Waals surface area contributed by atoms with E-state index in [1.807, 2.05) is 60.6 Å². The lowest BCUT2D eigenvalue weighted by molar-refractivity contribution is -0.168. The minimum Gasteiger partial charge on any atom is -0.356 e. The molecule has 4 heterocycles. The van der Waals surface area contributed by atoms with E-state index in [1.165, 1.54) is 0 Å². The molecule has 226 valence electrons. The second-order valence-electron chi connectivity index (χ2n) is 13.6. The fraction of sp³-hybridized carbons (Fsp3) is 0.625. The number of hydrogen-bond acceptors (Lipinski definition) is 4. The zero-order valence-corrected chi connectivity index (χ0v) is 25.9. The molecule has 1 aromatic carbocycles. The smallest absolute Gasteiger partial charge is 0.228 e. The Morgan fingerprint density at radius 1 is 1.05 bits per heavy atom. The average Bonchev–Trinajstić information content (AvgIpc) is 3.73. The number of piperazine rings is 1. The molecular weight excluding hydrogens is 554 g/mol. The molecule has 6 rings (SSSR count). The number of amides is 4. The molecule has 2 N–H and O–H groups in total. The van der Waals surface area contributed by atoms with Crippen molar-refractivity contribution in [3.05, 3.63) is 34.5 Å². The van der Waals surface area contributed by atoms with Gasteiger partial charge in [0.25, 0.3) is 0 Å². The first-order valence-electron chi connectivity index (χ1n) is 15.4. The molecule has 0 bridgehead atoms. The van der Waals surface area contributed by atoms with Gasteiger partial charge in [0.2, 0.25) is 23.6 Å². The Kier molecular flexibility index (Phi) is 7.31. The highest BCUT2D eigenvalue weighted by atomic mass is 35.5. The molecule has 1 aromatic heterocycles. The molecule has 9 nitrogen and oxygen atoms in total. The Hall–Kier alpha value is -3.07. The molecule has 2 aromatic rings. The van der Waals surface area contributed by atoms with Gasteiger partial charge in [-0.25, -0.2) is 0 Å². The van der Waals surface area contributed by atoms with E-state index in [9.17, 15) is 19.2 Å². The van der Waals surface area contributed by atoms with Crippen molar-refractivity contribution >= 4 is 46.1 Å². The number of nitrogens with zero attached hydrogens (tertiary/aromatic N) is 3. The number of carbonyl (C=O) groups excluding carboxylic acids is 4. The molecule has 10 heteroatoms. The van der Waals surface area contributed by atoms with Gasteiger partial charge in [0.15, 0.2) is 0 Å². The van der Waals surface area contributed by atoms with Crippen molar-refractivity contribution in [2.24, 2.45) is 17.8 Å². The topological polar surface area (TPSA) is 106 Å². The van der Waals surface area contributed by atoms with Crippen LogP contribution in [0.2, 0.25) is 5.02 Å². The van der Waals surface area contributed by atoms with Crippen LogP contribution in [0.15, 0.2) is 18.2 Å². The number of hydrogen-bond donors (Lipinski definition) is 2. The molecule has 2 saturated heterocycles. The van der Waals surface area contributed by atoms with E-state index in [0.717, 1.165) is 35.0 Å². The Morgan fingerprint density at radius 3 is 2.33 bits per heavy atom. The standard InChI is InChI=1S/C32H42ClN5O4/c1-5-32-24(30(42)37-14-12-36(13-15-37)28(40)19-6-7-19)16-20(17-26(39)35-31(2,3)4)29(41)38(32)11-10-22-23-18-21(33)8-9-25(23)34-27(22)32/h8-9,18-20,24,34H,5-7,10-17H2,1-4H3,(H,35,39)/t20-,24-,32+/m1/s1. The van der Waals surface area contributed by atoms with Crippen LogP contribution in [0.5, 0.6) is 0 Å². The van der Waals surface area contributed by atoms with Gasteiger partial charge >= 0.3 is 0 Å². The fourth-order valence-corrected chi connectivity index (χ4v) is 7.79. The maximum absolute atomic E-state index is 14.6. The molecule has 0 unspecified atom stereocenters. The first-order chi connectivity index (χ1) is 19.9. The summed E-state index contributed by atoms with van der Waals surface area (Å²) >= 11 is 6.39. The number of halogens is 1. The first kappa shape index (κ1) is 29.0. The van der Waals surface area contributed by atoms with Gasteiger partial charge in [0.1, 0.15) is 0 Å². The molecule has 1 saturated carbocycles. The predicted molar refractivity (Wildman–Crippen MR) is 161 cm³/mol. The highest BCUT2D eigenvalue weighted by molar-refractivity contribution is 6.31. The zero-order chi connectivity index (χ0) is 30.0. The van der Waals surface area contributed by atoms with Crippen LogP contribution < -0.4 is 5.32 Å². The highest BCUT2D eigenvalue weighted by Crippen LogP contribution is 2.52. The summed E-state index contributed by atoms with van der Waals surface area (Å²) in [5.41, 5.74) is 1.70. The van der Waals surface area contributed by atoms with Crippen LogP contribution in [0.4, 0.5) is 0 Å². The van der Waals surface area contributed by atoms with Crippen LogP contribution >= 0.6 is 11.6 Å². The Morgan fingerprint density at radius 2 is 1.71 bits per heavy atom. The largest absolute Gasteiger partial charge is 0.356 e. The van der Waals surface area contributed by atoms with Gasteiger partial charge in [0, 0.05) is 78.1 Å². The number of rotatable bonds is 5. The van der Waals surface area contributed by atoms with E-state index >= 15 is 0 Å². The highest BCUT2D eigenvalue weighted by Gasteiger charge is 2.59. The van der Waals surface area contributed by atoms with Crippen LogP contribution in [-0.2, 0) is 31.1 Å². The van der Waals surface area contributed by atoms with Crippen molar-refractivity contribution in [2.75, 3.05) is 32.7 Å². The van der Waals surface area contributed by atoms with Crippen molar-refractivity contribution in [1.29, 1.82) is 0 Å². The number of benzene rings is 1. The van der Waals surface area contributed by atoms with Crippen molar-refractivity contribution in [2.45, 2.75) is 77.3 Å². The predicted octanol–water partition coefficient (Wildman–Crippen LogP) is 3.83. The molecule has 3 atom stereocenters. The molecule has 42 heavy (non-hydrogen) atoms. The maximum atomic E-state index is 14.6. The van der Waals surface area contributed by atoms with Gasteiger partial charge in [0.05, 0.1) is 11.5 Å². The Bertz CT molecular complexity index is 1430. The summed E-state index contributed by atoms with van der Waals surface area (Å²) in [7, 11) is 0. The van der Waals surface area contributed by atoms with Crippen molar-refractivity contribution in [1.82, 2.24) is 25.0 Å². The summed E-state index contributed by atoms with van der Waals surface area (Å²) in [6.07, 6.45) is 3.48. The van der Waals surface area contributed by atoms with Crippen molar-refractivity contribution in [3.8, 4) is 0 Å². The molecule has 3 fully saturated rings. The van der Waals surface area contributed by atoms with Gasteiger partial charge < -0.3 is 25.0 Å². The number of aromatic nitrogens is 1. The number of aromatic amines is 1. The van der Waals surface area contributed by atoms with Crippen LogP contribution in [-0.4, -0.2) is 81.6 Å². The van der Waals surface area contributed by atoms with Gasteiger partial charge in [-0.2, -0.15) is 0 Å². The molecule has 0 spiro atoms. The van der Waals surface area contributed by atoms with Crippen LogP contribution in [0.3, 0.4) is 0 Å². The number of carbonyl (C=O) groups is 4. The third kappa shape index (κ3) is 4.97. The minimum atomic E-state index is -0.856. The van der Waals surface area contributed by atoms with Gasteiger partial charge in [-0.1, -0.05) is 18.5 Å². The molecular formula is C32H42ClN5O4. The van der Waals surface area contributed by atoms with Crippen LogP contribution in [0.25, 0.3) is 10.9 Å². The lowest BCUT2D eigenvalue weighted by atomic mass is 9.65. The third-order valence-corrected chi connectivity index (χ3v) is 9.93. The second kappa shape index (κ2) is 10.6. The lowest BCUT2D eigenvalue weighted by Crippen LogP contribution is -2.66. The van der Waals surface area contributed by atoms with Gasteiger partial charge in [-0.15, -0.1) is 0 Å². The average molecular weight is 596 g/mol. The molecule has 4 amide bonds. The third-order valence-electron chi connectivity index (χ3n) is 9.69. The van der Waals surface area contributed by atoms with E-state index in [0.29, 0.717) is 57.0 Å². The first-order valence-corrected chi connectivity index (χ1v) is 15.8. The molecule has 1 aliphatic carbocycles. The van der Waals surface area contributed by atoms with Crippen LogP contribution in [0.1, 0.15) is 71.1 Å².